The van der Waals surface area contributed by atoms with Crippen molar-refractivity contribution < 1.29 is 9.50 Å². The van der Waals surface area contributed by atoms with Crippen molar-refractivity contribution in [2.45, 2.75) is 44.2 Å². The molecule has 0 radical (unpaired) electrons. The maximum atomic E-state index is 13.5. The van der Waals surface area contributed by atoms with E-state index in [2.05, 4.69) is 12.2 Å². The van der Waals surface area contributed by atoms with Crippen LogP contribution >= 0.6 is 0 Å². The molecule has 1 atom stereocenters. The monoisotopic (exact) mass is 237 g/mol. The Morgan fingerprint density at radius 2 is 2.12 bits per heavy atom. The molecule has 0 heterocycles. The van der Waals surface area contributed by atoms with Gasteiger partial charge < -0.3 is 10.4 Å². The maximum absolute atomic E-state index is 13.5. The van der Waals surface area contributed by atoms with Crippen LogP contribution in [0.25, 0.3) is 0 Å². The fraction of sp³-hybridized carbons (Fsp3) is 0.571. The summed E-state index contributed by atoms with van der Waals surface area (Å²) in [4.78, 5) is 0. The third-order valence-corrected chi connectivity index (χ3v) is 3.67. The van der Waals surface area contributed by atoms with Crippen LogP contribution < -0.4 is 5.32 Å². The average Bonchev–Trinajstić information content (AvgIpc) is 2.30. The lowest BCUT2D eigenvalue weighted by Crippen LogP contribution is -2.46. The van der Waals surface area contributed by atoms with Crippen molar-refractivity contribution in [3.05, 3.63) is 35.6 Å². The van der Waals surface area contributed by atoms with E-state index in [1.165, 1.54) is 6.07 Å². The second-order valence-electron chi connectivity index (χ2n) is 4.84. The van der Waals surface area contributed by atoms with E-state index in [0.29, 0.717) is 12.0 Å². The largest absolute Gasteiger partial charge is 0.395 e. The first-order valence-corrected chi connectivity index (χ1v) is 6.36. The van der Waals surface area contributed by atoms with E-state index in [1.54, 1.807) is 6.07 Å². The molecule has 2 N–H and O–H groups in total. The molecule has 0 saturated heterocycles. The van der Waals surface area contributed by atoms with Gasteiger partial charge in [0.15, 0.2) is 0 Å². The summed E-state index contributed by atoms with van der Waals surface area (Å²) >= 11 is 0. The fourth-order valence-electron chi connectivity index (χ4n) is 2.45. The van der Waals surface area contributed by atoms with E-state index in [4.69, 9.17) is 5.11 Å². The lowest BCUT2D eigenvalue weighted by Gasteiger charge is -2.38. The molecule has 1 aliphatic carbocycles. The highest BCUT2D eigenvalue weighted by Crippen LogP contribution is 2.38. The molecule has 1 aliphatic rings. The zero-order valence-electron chi connectivity index (χ0n) is 10.2. The van der Waals surface area contributed by atoms with Crippen LogP contribution in [0.1, 0.15) is 37.7 Å². The summed E-state index contributed by atoms with van der Waals surface area (Å²) in [5.74, 6) is 0.245. The van der Waals surface area contributed by atoms with Crippen LogP contribution in [0.5, 0.6) is 0 Å². The molecule has 0 unspecified atom stereocenters. The van der Waals surface area contributed by atoms with Gasteiger partial charge in [-0.2, -0.15) is 0 Å². The van der Waals surface area contributed by atoms with Gasteiger partial charge >= 0.3 is 0 Å². The van der Waals surface area contributed by atoms with Crippen LogP contribution in [0, 0.1) is 5.82 Å². The van der Waals surface area contributed by atoms with Gasteiger partial charge in [-0.1, -0.05) is 25.1 Å². The topological polar surface area (TPSA) is 32.3 Å². The summed E-state index contributed by atoms with van der Waals surface area (Å²) in [6.07, 6.45) is 2.87. The van der Waals surface area contributed by atoms with Gasteiger partial charge in [0, 0.05) is 12.1 Å². The number of hydrogen-bond donors (Lipinski definition) is 2. The van der Waals surface area contributed by atoms with Crippen LogP contribution in [0.2, 0.25) is 0 Å². The minimum Gasteiger partial charge on any atom is -0.395 e. The summed E-state index contributed by atoms with van der Waals surface area (Å²) in [5.41, 5.74) is 0.836. The molecule has 0 amide bonds. The summed E-state index contributed by atoms with van der Waals surface area (Å²) in [6, 6.07) is 7.63. The van der Waals surface area contributed by atoms with E-state index in [-0.39, 0.29) is 18.5 Å². The minimum atomic E-state index is -0.0925. The number of halogens is 1. The van der Waals surface area contributed by atoms with Crippen LogP contribution in [0.3, 0.4) is 0 Å². The van der Waals surface area contributed by atoms with Gasteiger partial charge in [-0.25, -0.2) is 4.39 Å². The molecule has 0 aromatic heterocycles. The quantitative estimate of drug-likeness (QED) is 0.824. The zero-order valence-corrected chi connectivity index (χ0v) is 10.2. The lowest BCUT2D eigenvalue weighted by atomic mass is 9.75. The number of aliphatic hydroxyl groups is 1. The van der Waals surface area contributed by atoms with Gasteiger partial charge in [-0.3, -0.25) is 0 Å². The van der Waals surface area contributed by atoms with Gasteiger partial charge in [0.2, 0.25) is 0 Å². The van der Waals surface area contributed by atoms with Crippen LogP contribution in [0.4, 0.5) is 4.39 Å². The van der Waals surface area contributed by atoms with Gasteiger partial charge in [0.1, 0.15) is 5.82 Å². The highest BCUT2D eigenvalue weighted by atomic mass is 19.1. The van der Waals surface area contributed by atoms with Crippen molar-refractivity contribution in [3.63, 3.8) is 0 Å². The Morgan fingerprint density at radius 3 is 2.71 bits per heavy atom. The molecule has 2 nitrogen and oxygen atoms in total. The van der Waals surface area contributed by atoms with Crippen molar-refractivity contribution in [1.29, 1.82) is 0 Å². The molecule has 17 heavy (non-hydrogen) atoms. The van der Waals surface area contributed by atoms with Gasteiger partial charge in [0.05, 0.1) is 6.61 Å². The third-order valence-electron chi connectivity index (χ3n) is 3.67. The van der Waals surface area contributed by atoms with Crippen LogP contribution in [-0.2, 0) is 0 Å². The smallest absolute Gasteiger partial charge is 0.126 e. The molecule has 1 saturated carbocycles. The van der Waals surface area contributed by atoms with Crippen molar-refractivity contribution in [2.75, 3.05) is 6.61 Å². The SMILES string of the molecule is CC[C@@H](CO)NC1CC(c2ccccc2F)C1. The first-order chi connectivity index (χ1) is 8.24. The van der Waals surface area contributed by atoms with Gasteiger partial charge in [-0.15, -0.1) is 0 Å². The predicted molar refractivity (Wildman–Crippen MR) is 66.5 cm³/mol. The van der Waals surface area contributed by atoms with Crippen molar-refractivity contribution in [1.82, 2.24) is 5.32 Å². The van der Waals surface area contributed by atoms with Gasteiger partial charge in [0.25, 0.3) is 0 Å². The van der Waals surface area contributed by atoms with E-state index < -0.39 is 0 Å². The van der Waals surface area contributed by atoms with Gasteiger partial charge in [-0.05, 0) is 36.8 Å². The van der Waals surface area contributed by atoms with Crippen molar-refractivity contribution >= 4 is 0 Å². The van der Waals surface area contributed by atoms with Crippen LogP contribution in [0.15, 0.2) is 24.3 Å². The minimum absolute atomic E-state index is 0.0925. The molecule has 2 rings (SSSR count). The molecule has 1 fully saturated rings. The average molecular weight is 237 g/mol. The first-order valence-electron chi connectivity index (χ1n) is 6.36. The highest BCUT2D eigenvalue weighted by molar-refractivity contribution is 5.24. The lowest BCUT2D eigenvalue weighted by molar-refractivity contribution is 0.192. The van der Waals surface area contributed by atoms with E-state index in [0.717, 1.165) is 24.8 Å². The second kappa shape index (κ2) is 5.61. The van der Waals surface area contributed by atoms with E-state index in [1.807, 2.05) is 12.1 Å². The third kappa shape index (κ3) is 2.85. The second-order valence-corrected chi connectivity index (χ2v) is 4.84. The fourth-order valence-corrected chi connectivity index (χ4v) is 2.45. The summed E-state index contributed by atoms with van der Waals surface area (Å²) < 4.78 is 13.5. The molecule has 3 heteroatoms. The Hall–Kier alpha value is -0.930. The summed E-state index contributed by atoms with van der Waals surface area (Å²) in [7, 11) is 0. The Kier molecular flexibility index (Phi) is 4.13. The molecule has 0 aliphatic heterocycles. The van der Waals surface area contributed by atoms with E-state index in [9.17, 15) is 4.39 Å². The Bertz CT molecular complexity index is 359. The summed E-state index contributed by atoms with van der Waals surface area (Å²) in [5, 5.41) is 12.5. The van der Waals surface area contributed by atoms with Crippen molar-refractivity contribution in [3.8, 4) is 0 Å². The number of rotatable bonds is 5. The highest BCUT2D eigenvalue weighted by Gasteiger charge is 2.32. The molecule has 0 spiro atoms. The number of nitrogens with one attached hydrogen (secondary N) is 1. The molecule has 1 aromatic carbocycles. The molecule has 0 bridgehead atoms. The zero-order chi connectivity index (χ0) is 12.3. The number of aliphatic hydroxyl groups excluding tert-OH is 1. The van der Waals surface area contributed by atoms with Crippen molar-refractivity contribution in [2.24, 2.45) is 0 Å². The normalized spacial score (nSPS) is 25.4. The maximum Gasteiger partial charge on any atom is 0.126 e. The summed E-state index contributed by atoms with van der Waals surface area (Å²) in [6.45, 7) is 2.23. The predicted octanol–water partition coefficient (Wildman–Crippen LogP) is 2.43. The molecule has 94 valence electrons. The first kappa shape index (κ1) is 12.5. The Balaban J connectivity index is 1.85. The molecule has 1 aromatic rings. The standard InChI is InChI=1S/C14H20FNO/c1-2-11(9-17)16-12-7-10(8-12)13-5-3-4-6-14(13)15/h3-6,10-12,16-17H,2,7-9H2,1H3/t10?,11-,12?/m0/s1. The molecular formula is C14H20FNO. The number of benzene rings is 1. The molecular weight excluding hydrogens is 217 g/mol. The van der Waals surface area contributed by atoms with Crippen LogP contribution in [-0.4, -0.2) is 23.8 Å². The number of hydrogen-bond acceptors (Lipinski definition) is 2. The Labute approximate surface area is 102 Å². The van der Waals surface area contributed by atoms with E-state index >= 15 is 0 Å². The Morgan fingerprint density at radius 1 is 1.41 bits per heavy atom.